The van der Waals surface area contributed by atoms with Crippen molar-refractivity contribution in [3.8, 4) is 0 Å². The van der Waals surface area contributed by atoms with Gasteiger partial charge in [-0.15, -0.1) is 0 Å². The number of fused-ring (bicyclic) bond motifs is 1. The highest BCUT2D eigenvalue weighted by Crippen LogP contribution is 2.29. The van der Waals surface area contributed by atoms with Gasteiger partial charge in [0.15, 0.2) is 0 Å². The Morgan fingerprint density at radius 3 is 2.71 bits per heavy atom. The first-order valence-electron chi connectivity index (χ1n) is 6.23. The minimum absolute atomic E-state index is 0.0410. The van der Waals surface area contributed by atoms with Gasteiger partial charge in [0.1, 0.15) is 5.82 Å². The van der Waals surface area contributed by atoms with Gasteiger partial charge in [-0.3, -0.25) is 10.1 Å². The zero-order valence-corrected chi connectivity index (χ0v) is 11.5. The molecule has 106 valence electrons. The van der Waals surface area contributed by atoms with E-state index in [1.54, 1.807) is 35.0 Å². The molecular formula is C15H10ClFN2O2. The van der Waals surface area contributed by atoms with Crippen LogP contribution in [-0.4, -0.2) is 9.49 Å². The highest BCUT2D eigenvalue weighted by atomic mass is 35.5. The van der Waals surface area contributed by atoms with E-state index in [-0.39, 0.29) is 18.0 Å². The molecule has 0 spiro atoms. The number of halogens is 2. The number of hydrogen-bond donors (Lipinski definition) is 0. The molecule has 0 bridgehead atoms. The van der Waals surface area contributed by atoms with Gasteiger partial charge in [-0.2, -0.15) is 0 Å². The van der Waals surface area contributed by atoms with Crippen LogP contribution in [0.2, 0.25) is 5.02 Å². The van der Waals surface area contributed by atoms with Crippen molar-refractivity contribution in [2.24, 2.45) is 0 Å². The van der Waals surface area contributed by atoms with Crippen LogP contribution in [0.15, 0.2) is 48.7 Å². The van der Waals surface area contributed by atoms with Crippen molar-refractivity contribution in [1.82, 2.24) is 4.57 Å². The summed E-state index contributed by atoms with van der Waals surface area (Å²) in [4.78, 5) is 10.6. The molecule has 0 aliphatic heterocycles. The average Bonchev–Trinajstić information content (AvgIpc) is 2.85. The van der Waals surface area contributed by atoms with E-state index < -0.39 is 4.92 Å². The van der Waals surface area contributed by atoms with Crippen LogP contribution in [-0.2, 0) is 6.54 Å². The highest BCUT2D eigenvalue weighted by Gasteiger charge is 2.17. The lowest BCUT2D eigenvalue weighted by Crippen LogP contribution is -2.03. The van der Waals surface area contributed by atoms with E-state index in [0.29, 0.717) is 21.5 Å². The maximum Gasteiger partial charge on any atom is 0.275 e. The molecule has 3 rings (SSSR count). The first kappa shape index (κ1) is 13.6. The molecule has 0 fully saturated rings. The fourth-order valence-corrected chi connectivity index (χ4v) is 2.60. The average molecular weight is 305 g/mol. The minimum atomic E-state index is -0.465. The van der Waals surface area contributed by atoms with E-state index in [1.165, 1.54) is 18.2 Å². The lowest BCUT2D eigenvalue weighted by Gasteiger charge is -2.08. The fourth-order valence-electron chi connectivity index (χ4n) is 2.37. The second-order valence-electron chi connectivity index (χ2n) is 4.61. The molecular weight excluding hydrogens is 295 g/mol. The second-order valence-corrected chi connectivity index (χ2v) is 5.02. The Hall–Kier alpha value is -2.40. The molecule has 4 nitrogen and oxygen atoms in total. The molecule has 0 saturated heterocycles. The molecule has 0 aliphatic rings. The molecule has 0 amide bonds. The predicted octanol–water partition coefficient (Wildman–Crippen LogP) is 4.39. The molecule has 21 heavy (non-hydrogen) atoms. The Bertz CT molecular complexity index is 845. The Labute approximate surface area is 124 Å². The van der Waals surface area contributed by atoms with Crippen molar-refractivity contribution in [2.75, 3.05) is 0 Å². The summed E-state index contributed by atoms with van der Waals surface area (Å²) >= 11 is 6.08. The normalized spacial score (nSPS) is 11.0. The molecule has 0 aliphatic carbocycles. The lowest BCUT2D eigenvalue weighted by molar-refractivity contribution is -0.385. The van der Waals surface area contributed by atoms with E-state index in [0.717, 1.165) is 0 Å². The van der Waals surface area contributed by atoms with Gasteiger partial charge in [-0.05, 0) is 24.3 Å². The van der Waals surface area contributed by atoms with Crippen molar-refractivity contribution in [2.45, 2.75) is 6.54 Å². The lowest BCUT2D eigenvalue weighted by atomic mass is 10.1. The van der Waals surface area contributed by atoms with E-state index in [4.69, 9.17) is 11.6 Å². The van der Waals surface area contributed by atoms with E-state index in [9.17, 15) is 14.5 Å². The molecule has 0 radical (unpaired) electrons. The van der Waals surface area contributed by atoms with Crippen LogP contribution in [0.3, 0.4) is 0 Å². The van der Waals surface area contributed by atoms with Crippen molar-refractivity contribution in [1.29, 1.82) is 0 Å². The molecule has 2 aromatic carbocycles. The summed E-state index contributed by atoms with van der Waals surface area (Å²) in [5.41, 5.74) is 1.04. The second kappa shape index (κ2) is 5.18. The van der Waals surface area contributed by atoms with E-state index in [1.807, 2.05) is 0 Å². The van der Waals surface area contributed by atoms with Gasteiger partial charge in [0.05, 0.1) is 27.6 Å². The van der Waals surface area contributed by atoms with Crippen LogP contribution in [0.25, 0.3) is 10.9 Å². The first-order chi connectivity index (χ1) is 10.1. The number of aromatic nitrogens is 1. The Balaban J connectivity index is 2.11. The quantitative estimate of drug-likeness (QED) is 0.532. The van der Waals surface area contributed by atoms with Crippen LogP contribution >= 0.6 is 11.6 Å². The maximum atomic E-state index is 13.7. The van der Waals surface area contributed by atoms with Gasteiger partial charge in [-0.25, -0.2) is 4.39 Å². The fraction of sp³-hybridized carbons (Fsp3) is 0.0667. The number of nitrogens with zero attached hydrogens (tertiary/aromatic N) is 2. The Morgan fingerprint density at radius 1 is 1.19 bits per heavy atom. The van der Waals surface area contributed by atoms with Crippen molar-refractivity contribution < 1.29 is 9.31 Å². The Kier molecular flexibility index (Phi) is 3.35. The minimum Gasteiger partial charge on any atom is -0.343 e. The van der Waals surface area contributed by atoms with Crippen LogP contribution in [0, 0.1) is 15.9 Å². The number of hydrogen-bond acceptors (Lipinski definition) is 2. The third-order valence-corrected chi connectivity index (χ3v) is 3.73. The molecule has 0 atom stereocenters. The van der Waals surface area contributed by atoms with Crippen molar-refractivity contribution in [3.63, 3.8) is 0 Å². The van der Waals surface area contributed by atoms with E-state index in [2.05, 4.69) is 0 Å². The van der Waals surface area contributed by atoms with Crippen molar-refractivity contribution in [3.05, 3.63) is 75.2 Å². The largest absolute Gasteiger partial charge is 0.343 e. The third-order valence-electron chi connectivity index (χ3n) is 3.38. The third kappa shape index (κ3) is 2.36. The number of rotatable bonds is 3. The highest BCUT2D eigenvalue weighted by molar-refractivity contribution is 6.31. The van der Waals surface area contributed by atoms with E-state index >= 15 is 0 Å². The van der Waals surface area contributed by atoms with Gasteiger partial charge in [0, 0.05) is 17.6 Å². The molecule has 0 saturated carbocycles. The zero-order chi connectivity index (χ0) is 15.0. The van der Waals surface area contributed by atoms with Crippen LogP contribution in [0.4, 0.5) is 10.1 Å². The van der Waals surface area contributed by atoms with Gasteiger partial charge >= 0.3 is 0 Å². The molecule has 6 heteroatoms. The predicted molar refractivity (Wildman–Crippen MR) is 79.1 cm³/mol. The smallest absolute Gasteiger partial charge is 0.275 e. The van der Waals surface area contributed by atoms with Crippen molar-refractivity contribution >= 4 is 28.2 Å². The molecule has 3 aromatic rings. The SMILES string of the molecule is O=[N+]([O-])c1cccc(Cl)c1Cn1ccc2c(F)cccc21. The van der Waals surface area contributed by atoms with Gasteiger partial charge < -0.3 is 4.57 Å². The summed E-state index contributed by atoms with van der Waals surface area (Å²) in [5.74, 6) is -0.320. The number of benzene rings is 2. The maximum absolute atomic E-state index is 13.7. The molecule has 0 unspecified atom stereocenters. The summed E-state index contributed by atoms with van der Waals surface area (Å²) in [5, 5.41) is 11.9. The molecule has 1 heterocycles. The van der Waals surface area contributed by atoms with Gasteiger partial charge in [0.2, 0.25) is 0 Å². The topological polar surface area (TPSA) is 48.1 Å². The summed E-state index contributed by atoms with van der Waals surface area (Å²) in [6.45, 7) is 0.211. The van der Waals surface area contributed by atoms with Crippen LogP contribution < -0.4 is 0 Å². The Morgan fingerprint density at radius 2 is 1.95 bits per heavy atom. The molecule has 0 N–H and O–H groups in total. The van der Waals surface area contributed by atoms with Crippen LogP contribution in [0.1, 0.15) is 5.56 Å². The summed E-state index contributed by atoms with van der Waals surface area (Å²) in [6.07, 6.45) is 1.70. The number of nitro benzene ring substituents is 1. The van der Waals surface area contributed by atoms with Gasteiger partial charge in [-0.1, -0.05) is 23.7 Å². The molecule has 1 aromatic heterocycles. The first-order valence-corrected chi connectivity index (χ1v) is 6.61. The zero-order valence-electron chi connectivity index (χ0n) is 10.8. The monoisotopic (exact) mass is 304 g/mol. The van der Waals surface area contributed by atoms with Gasteiger partial charge in [0.25, 0.3) is 5.69 Å². The summed E-state index contributed by atoms with van der Waals surface area (Å²) < 4.78 is 15.4. The summed E-state index contributed by atoms with van der Waals surface area (Å²) in [7, 11) is 0. The standard InChI is InChI=1S/C15H10ClFN2O2/c16-12-3-1-6-15(19(20)21)11(12)9-18-8-7-10-13(17)4-2-5-14(10)18/h1-8H,9H2. The number of nitro groups is 1. The van der Waals surface area contributed by atoms with Crippen LogP contribution in [0.5, 0.6) is 0 Å². The summed E-state index contributed by atoms with van der Waals surface area (Å²) in [6, 6.07) is 11.0.